The Balaban J connectivity index is 1.63. The lowest BCUT2D eigenvalue weighted by molar-refractivity contribution is -0.384. The molecule has 41 heavy (non-hydrogen) atoms. The molecule has 2 heterocycles. The molecule has 0 bridgehead atoms. The van der Waals surface area contributed by atoms with Crippen LogP contribution in [-0.2, 0) is 4.79 Å². The lowest BCUT2D eigenvalue weighted by atomic mass is 9.81. The predicted octanol–water partition coefficient (Wildman–Crippen LogP) is 6.43. The number of nitro benzene ring substituents is 1. The van der Waals surface area contributed by atoms with Crippen molar-refractivity contribution in [2.75, 3.05) is 4.90 Å². The van der Waals surface area contributed by atoms with Gasteiger partial charge in [0.25, 0.3) is 17.5 Å². The first kappa shape index (κ1) is 26.4. The Morgan fingerprint density at radius 2 is 1.56 bits per heavy atom. The fourth-order valence-electron chi connectivity index (χ4n) is 5.10. The molecule has 0 saturated carbocycles. The number of nitrogens with zero attached hydrogens (tertiary/aromatic N) is 2. The summed E-state index contributed by atoms with van der Waals surface area (Å²) >= 11 is 7.54. The van der Waals surface area contributed by atoms with E-state index in [9.17, 15) is 24.5 Å². The van der Waals surface area contributed by atoms with E-state index in [1.807, 2.05) is 6.07 Å². The number of hydrogen-bond acceptors (Lipinski definition) is 6. The topological polar surface area (TPSA) is 110 Å². The van der Waals surface area contributed by atoms with Gasteiger partial charge in [0.1, 0.15) is 11.0 Å². The zero-order valence-electron chi connectivity index (χ0n) is 21.2. The molecule has 1 aromatic heterocycles. The van der Waals surface area contributed by atoms with Crippen molar-refractivity contribution in [3.63, 3.8) is 0 Å². The molecule has 6 rings (SSSR count). The van der Waals surface area contributed by atoms with Gasteiger partial charge >= 0.3 is 0 Å². The Bertz CT molecular complexity index is 1880. The van der Waals surface area contributed by atoms with Crippen LogP contribution in [0.5, 0.6) is 0 Å². The molecule has 2 atom stereocenters. The summed E-state index contributed by atoms with van der Waals surface area (Å²) in [5.74, 6) is -1.87. The van der Waals surface area contributed by atoms with E-state index in [1.165, 1.54) is 40.5 Å². The Labute approximate surface area is 242 Å². The highest BCUT2D eigenvalue weighted by atomic mass is 35.5. The monoisotopic (exact) mass is 581 g/mol. The van der Waals surface area contributed by atoms with Crippen molar-refractivity contribution in [2.24, 2.45) is 0 Å². The van der Waals surface area contributed by atoms with E-state index in [0.29, 0.717) is 42.5 Å². The van der Waals surface area contributed by atoms with E-state index >= 15 is 0 Å². The van der Waals surface area contributed by atoms with Crippen LogP contribution in [-0.4, -0.2) is 22.8 Å². The summed E-state index contributed by atoms with van der Waals surface area (Å²) in [6, 6.07) is 26.8. The van der Waals surface area contributed by atoms with Crippen molar-refractivity contribution >= 4 is 61.2 Å². The average Bonchev–Trinajstić information content (AvgIpc) is 2.99. The van der Waals surface area contributed by atoms with Crippen molar-refractivity contribution in [1.29, 1.82) is 0 Å². The maximum Gasteiger partial charge on any atom is 0.269 e. The molecule has 1 aliphatic rings. The average molecular weight is 582 g/mol. The molecule has 4 aromatic carbocycles. The maximum atomic E-state index is 14.4. The molecule has 0 aliphatic carbocycles. The van der Waals surface area contributed by atoms with Crippen molar-refractivity contribution in [3.05, 3.63) is 145 Å². The Morgan fingerprint density at radius 1 is 0.902 bits per heavy atom. The van der Waals surface area contributed by atoms with Crippen LogP contribution in [0.1, 0.15) is 27.4 Å². The van der Waals surface area contributed by atoms with Gasteiger partial charge in [-0.15, -0.1) is 11.3 Å². The van der Waals surface area contributed by atoms with Crippen molar-refractivity contribution in [1.82, 2.24) is 5.32 Å². The fraction of sp³-hybridized carbons (Fsp3) is 0.0645. The van der Waals surface area contributed by atoms with Crippen molar-refractivity contribution in [3.8, 4) is 0 Å². The second-order valence-electron chi connectivity index (χ2n) is 9.44. The van der Waals surface area contributed by atoms with Crippen LogP contribution in [0, 0.1) is 10.1 Å². The van der Waals surface area contributed by atoms with Crippen LogP contribution in [0.25, 0.3) is 10.1 Å². The number of hydrogen-bond donors (Lipinski definition) is 1. The summed E-state index contributed by atoms with van der Waals surface area (Å²) in [4.78, 5) is 54.4. The molecule has 0 spiro atoms. The van der Waals surface area contributed by atoms with E-state index in [-0.39, 0.29) is 11.1 Å². The predicted molar refractivity (Wildman–Crippen MR) is 159 cm³/mol. The van der Waals surface area contributed by atoms with E-state index < -0.39 is 28.7 Å². The number of rotatable bonds is 5. The SMILES string of the molecule is O=C(N[C@H]1C(=O)N(c2ccccc2)c2sc3ccc(Cl)cc3c(=O)c2[C@H]1c1ccc([N+](=O)[O-])cc1)c1ccccc1. The number of fused-ring (bicyclic) bond motifs is 2. The van der Waals surface area contributed by atoms with Gasteiger partial charge in [-0.05, 0) is 48.0 Å². The van der Waals surface area contributed by atoms with Crippen LogP contribution in [0.4, 0.5) is 16.4 Å². The molecule has 5 aromatic rings. The van der Waals surface area contributed by atoms with Gasteiger partial charge in [0.05, 0.1) is 4.92 Å². The molecule has 0 saturated heterocycles. The highest BCUT2D eigenvalue weighted by molar-refractivity contribution is 7.22. The number of nitrogens with one attached hydrogen (secondary N) is 1. The minimum absolute atomic E-state index is 0.137. The molecule has 2 amide bonds. The number of carbonyl (C=O) groups excluding carboxylic acids is 2. The molecule has 8 nitrogen and oxygen atoms in total. The standard InChI is InChI=1S/C31H20ClN3O5S/c32-20-13-16-24-23(17-20)28(36)26-25(18-11-14-22(15-12-18)35(39)40)27(33-29(37)19-7-3-1-4-8-19)30(38)34(31(26)41-24)21-9-5-2-6-10-21/h1-17,25,27H,(H,33,37)/t25-,27-/m1/s1. The van der Waals surface area contributed by atoms with Gasteiger partial charge in [-0.25, -0.2) is 0 Å². The number of para-hydroxylation sites is 1. The Morgan fingerprint density at radius 3 is 2.22 bits per heavy atom. The van der Waals surface area contributed by atoms with Crippen LogP contribution < -0.4 is 15.6 Å². The summed E-state index contributed by atoms with van der Waals surface area (Å²) in [6.45, 7) is 0. The van der Waals surface area contributed by atoms with E-state index in [0.717, 1.165) is 0 Å². The van der Waals surface area contributed by atoms with Gasteiger partial charge in [-0.2, -0.15) is 0 Å². The van der Waals surface area contributed by atoms with Gasteiger partial charge in [-0.3, -0.25) is 29.4 Å². The van der Waals surface area contributed by atoms with E-state index in [4.69, 9.17) is 11.6 Å². The van der Waals surface area contributed by atoms with Crippen LogP contribution >= 0.6 is 22.9 Å². The minimum Gasteiger partial charge on any atom is -0.339 e. The molecule has 1 N–H and O–H groups in total. The third-order valence-corrected chi connectivity index (χ3v) is 8.41. The second-order valence-corrected chi connectivity index (χ2v) is 10.9. The zero-order valence-corrected chi connectivity index (χ0v) is 22.8. The first-order valence-corrected chi connectivity index (χ1v) is 13.8. The summed E-state index contributed by atoms with van der Waals surface area (Å²) in [5.41, 5.74) is 1.16. The number of benzene rings is 4. The fourth-order valence-corrected chi connectivity index (χ4v) is 6.50. The number of amides is 2. The molecular weight excluding hydrogens is 562 g/mol. The first-order valence-electron chi connectivity index (χ1n) is 12.6. The zero-order chi connectivity index (χ0) is 28.7. The van der Waals surface area contributed by atoms with Crippen molar-refractivity contribution in [2.45, 2.75) is 12.0 Å². The highest BCUT2D eigenvalue weighted by Gasteiger charge is 2.45. The van der Waals surface area contributed by atoms with Gasteiger partial charge in [0, 0.05) is 50.0 Å². The Hall–Kier alpha value is -4.86. The quantitative estimate of drug-likeness (QED) is 0.190. The van der Waals surface area contributed by atoms with Crippen LogP contribution in [0.15, 0.2) is 108 Å². The summed E-state index contributed by atoms with van der Waals surface area (Å²) in [5, 5.41) is 15.4. The van der Waals surface area contributed by atoms with Crippen LogP contribution in [0.2, 0.25) is 5.02 Å². The second kappa shape index (κ2) is 10.6. The van der Waals surface area contributed by atoms with E-state index in [1.54, 1.807) is 72.8 Å². The smallest absolute Gasteiger partial charge is 0.269 e. The first-order chi connectivity index (χ1) is 19.8. The van der Waals surface area contributed by atoms with E-state index in [2.05, 4.69) is 5.32 Å². The number of halogens is 1. The molecule has 0 fully saturated rings. The third kappa shape index (κ3) is 4.75. The minimum atomic E-state index is -1.20. The van der Waals surface area contributed by atoms with Gasteiger partial charge < -0.3 is 5.32 Å². The number of carbonyl (C=O) groups is 2. The van der Waals surface area contributed by atoms with Crippen LogP contribution in [0.3, 0.4) is 0 Å². The summed E-state index contributed by atoms with van der Waals surface area (Å²) in [7, 11) is 0. The largest absolute Gasteiger partial charge is 0.339 e. The maximum absolute atomic E-state index is 14.4. The molecular formula is C31H20ClN3O5S. The highest BCUT2D eigenvalue weighted by Crippen LogP contribution is 2.46. The number of nitro groups is 1. The molecule has 0 unspecified atom stereocenters. The molecule has 1 aliphatic heterocycles. The summed E-state index contributed by atoms with van der Waals surface area (Å²) < 4.78 is 0.640. The lowest BCUT2D eigenvalue weighted by Crippen LogP contribution is -2.54. The van der Waals surface area contributed by atoms with Crippen molar-refractivity contribution < 1.29 is 14.5 Å². The lowest BCUT2D eigenvalue weighted by Gasteiger charge is -2.39. The molecule has 0 radical (unpaired) electrons. The van der Waals surface area contributed by atoms with Gasteiger partial charge in [0.15, 0.2) is 5.43 Å². The Kier molecular flexibility index (Phi) is 6.82. The molecule has 202 valence electrons. The summed E-state index contributed by atoms with van der Waals surface area (Å²) in [6.07, 6.45) is 0. The number of anilines is 2. The molecule has 10 heteroatoms. The number of non-ortho nitro benzene ring substituents is 1. The van der Waals surface area contributed by atoms with Gasteiger partial charge in [-0.1, -0.05) is 60.1 Å². The van der Waals surface area contributed by atoms with Gasteiger partial charge in [0.2, 0.25) is 0 Å². The third-order valence-electron chi connectivity index (χ3n) is 7.00. The normalized spacial score (nSPS) is 16.3.